The van der Waals surface area contributed by atoms with Crippen molar-refractivity contribution in [1.29, 1.82) is 0 Å². The maximum atomic E-state index is 11.6. The lowest BCUT2D eigenvalue weighted by Crippen LogP contribution is -2.03. The van der Waals surface area contributed by atoms with Crippen molar-refractivity contribution in [3.8, 4) is 5.75 Å². The molecule has 4 nitrogen and oxygen atoms in total. The van der Waals surface area contributed by atoms with E-state index >= 15 is 0 Å². The van der Waals surface area contributed by atoms with Gasteiger partial charge in [0.1, 0.15) is 5.75 Å². The molecule has 0 spiro atoms. The first-order valence-electron chi connectivity index (χ1n) is 7.71. The number of benzene rings is 3. The van der Waals surface area contributed by atoms with Crippen molar-refractivity contribution in [3.63, 3.8) is 0 Å². The lowest BCUT2D eigenvalue weighted by molar-refractivity contribution is 0.0526. The fourth-order valence-electron chi connectivity index (χ4n) is 2.42. The van der Waals surface area contributed by atoms with E-state index in [0.717, 1.165) is 10.8 Å². The largest absolute Gasteiger partial charge is 0.507 e. The summed E-state index contributed by atoms with van der Waals surface area (Å²) >= 11 is 0. The molecule has 0 aliphatic rings. The molecule has 0 bridgehead atoms. The second-order valence-corrected chi connectivity index (χ2v) is 5.25. The molecule has 0 heterocycles. The maximum absolute atomic E-state index is 11.6. The second kappa shape index (κ2) is 6.96. The van der Waals surface area contributed by atoms with Gasteiger partial charge in [-0.15, -0.1) is 0 Å². The molecule has 0 saturated carbocycles. The Labute approximate surface area is 140 Å². The summed E-state index contributed by atoms with van der Waals surface area (Å²) in [5.74, 6) is -0.139. The van der Waals surface area contributed by atoms with E-state index in [9.17, 15) is 9.90 Å². The Bertz CT molecular complexity index is 898. The molecule has 4 heteroatoms. The Morgan fingerprint density at radius 1 is 1.08 bits per heavy atom. The molecule has 24 heavy (non-hydrogen) atoms. The minimum absolute atomic E-state index is 0.208. The van der Waals surface area contributed by atoms with Crippen molar-refractivity contribution in [2.45, 2.75) is 6.92 Å². The predicted molar refractivity (Wildman–Crippen MR) is 95.3 cm³/mol. The van der Waals surface area contributed by atoms with E-state index in [-0.39, 0.29) is 11.7 Å². The van der Waals surface area contributed by atoms with Gasteiger partial charge in [-0.1, -0.05) is 30.3 Å². The lowest BCUT2D eigenvalue weighted by Gasteiger charge is -2.04. The Morgan fingerprint density at radius 2 is 1.83 bits per heavy atom. The van der Waals surface area contributed by atoms with E-state index in [1.54, 1.807) is 37.4 Å². The normalized spacial score (nSPS) is 11.0. The van der Waals surface area contributed by atoms with Gasteiger partial charge in [-0.3, -0.25) is 4.99 Å². The Kier molecular flexibility index (Phi) is 4.57. The summed E-state index contributed by atoms with van der Waals surface area (Å²) in [5.41, 5.74) is 1.82. The van der Waals surface area contributed by atoms with Gasteiger partial charge in [0.05, 0.1) is 17.9 Å². The lowest BCUT2D eigenvalue weighted by atomic mass is 10.1. The number of rotatable bonds is 4. The standard InChI is InChI=1S/C20H17NO3/c1-2-24-20(23)15-9-11-17(12-10-15)21-13-16-8-7-14-5-3-4-6-18(14)19(16)22/h3-13,22H,2H2,1H3. The van der Waals surface area contributed by atoms with Crippen LogP contribution >= 0.6 is 0 Å². The van der Waals surface area contributed by atoms with Gasteiger partial charge in [-0.25, -0.2) is 4.79 Å². The summed E-state index contributed by atoms with van der Waals surface area (Å²) < 4.78 is 4.94. The number of aromatic hydroxyl groups is 1. The van der Waals surface area contributed by atoms with E-state index in [1.165, 1.54) is 0 Å². The van der Waals surface area contributed by atoms with Crippen molar-refractivity contribution < 1.29 is 14.6 Å². The quantitative estimate of drug-likeness (QED) is 0.570. The number of fused-ring (bicyclic) bond motifs is 1. The molecule has 0 fully saturated rings. The number of esters is 1. The van der Waals surface area contributed by atoms with E-state index in [1.807, 2.05) is 36.4 Å². The number of aliphatic imine (C=N–C) groups is 1. The van der Waals surface area contributed by atoms with Crippen LogP contribution in [0.15, 0.2) is 65.7 Å². The smallest absolute Gasteiger partial charge is 0.338 e. The summed E-state index contributed by atoms with van der Waals surface area (Å²) in [6, 6.07) is 18.2. The number of hydrogen-bond acceptors (Lipinski definition) is 4. The SMILES string of the molecule is CCOC(=O)c1ccc(N=Cc2ccc3ccccc3c2O)cc1. The maximum Gasteiger partial charge on any atom is 0.338 e. The van der Waals surface area contributed by atoms with Gasteiger partial charge in [0.25, 0.3) is 0 Å². The number of hydrogen-bond donors (Lipinski definition) is 1. The van der Waals surface area contributed by atoms with Gasteiger partial charge in [-0.05, 0) is 42.6 Å². The van der Waals surface area contributed by atoms with Crippen molar-refractivity contribution >= 4 is 28.6 Å². The number of nitrogens with zero attached hydrogens (tertiary/aromatic N) is 1. The molecule has 120 valence electrons. The Hall–Kier alpha value is -3.14. The molecule has 0 saturated heterocycles. The molecule has 3 rings (SSSR count). The molecule has 0 atom stereocenters. The first kappa shape index (κ1) is 15.7. The number of phenolic OH excluding ortho intramolecular Hbond substituents is 1. The minimum Gasteiger partial charge on any atom is -0.507 e. The minimum atomic E-state index is -0.347. The fraction of sp³-hybridized carbons (Fsp3) is 0.100. The molecule has 0 amide bonds. The van der Waals surface area contributed by atoms with Crippen molar-refractivity contribution in [1.82, 2.24) is 0 Å². The van der Waals surface area contributed by atoms with Crippen molar-refractivity contribution in [2.75, 3.05) is 6.61 Å². The fourth-order valence-corrected chi connectivity index (χ4v) is 2.42. The van der Waals surface area contributed by atoms with Crippen LogP contribution in [0.25, 0.3) is 10.8 Å². The van der Waals surface area contributed by atoms with Crippen LogP contribution in [0.4, 0.5) is 5.69 Å². The van der Waals surface area contributed by atoms with Crippen molar-refractivity contribution in [3.05, 3.63) is 71.8 Å². The molecule has 3 aromatic rings. The van der Waals surface area contributed by atoms with Gasteiger partial charge in [0, 0.05) is 17.2 Å². The van der Waals surface area contributed by atoms with E-state index in [4.69, 9.17) is 4.74 Å². The number of phenols is 1. The molecule has 0 aliphatic heterocycles. The van der Waals surface area contributed by atoms with Crippen LogP contribution in [0.1, 0.15) is 22.8 Å². The van der Waals surface area contributed by atoms with Gasteiger partial charge in [0.2, 0.25) is 0 Å². The molecular weight excluding hydrogens is 302 g/mol. The third kappa shape index (κ3) is 3.27. The zero-order chi connectivity index (χ0) is 16.9. The van der Waals surface area contributed by atoms with Crippen LogP contribution in [0.5, 0.6) is 5.75 Å². The average molecular weight is 319 g/mol. The van der Waals surface area contributed by atoms with Crippen LogP contribution in [0, 0.1) is 0 Å². The van der Waals surface area contributed by atoms with Gasteiger partial charge < -0.3 is 9.84 Å². The van der Waals surface area contributed by atoms with Crippen LogP contribution in [-0.4, -0.2) is 23.9 Å². The molecule has 0 radical (unpaired) electrons. The average Bonchev–Trinajstić information content (AvgIpc) is 2.62. The summed E-state index contributed by atoms with van der Waals surface area (Å²) in [7, 11) is 0. The highest BCUT2D eigenvalue weighted by atomic mass is 16.5. The van der Waals surface area contributed by atoms with Gasteiger partial charge in [0.15, 0.2) is 0 Å². The van der Waals surface area contributed by atoms with E-state index in [0.29, 0.717) is 23.4 Å². The van der Waals surface area contributed by atoms with E-state index in [2.05, 4.69) is 4.99 Å². The molecule has 0 unspecified atom stereocenters. The molecule has 1 N–H and O–H groups in total. The van der Waals surface area contributed by atoms with Crippen LogP contribution in [0.3, 0.4) is 0 Å². The monoisotopic (exact) mass is 319 g/mol. The topological polar surface area (TPSA) is 58.9 Å². The molecule has 0 aliphatic carbocycles. The molecule has 3 aromatic carbocycles. The van der Waals surface area contributed by atoms with E-state index < -0.39 is 0 Å². The highest BCUT2D eigenvalue weighted by molar-refractivity contribution is 5.97. The number of carbonyl (C=O) groups excluding carboxylic acids is 1. The van der Waals surface area contributed by atoms with Crippen LogP contribution in [0.2, 0.25) is 0 Å². The van der Waals surface area contributed by atoms with Crippen LogP contribution in [-0.2, 0) is 4.74 Å². The highest BCUT2D eigenvalue weighted by Gasteiger charge is 2.06. The summed E-state index contributed by atoms with van der Waals surface area (Å²) in [4.78, 5) is 16.0. The number of carbonyl (C=O) groups is 1. The summed E-state index contributed by atoms with van der Waals surface area (Å²) in [5, 5.41) is 12.1. The Morgan fingerprint density at radius 3 is 2.58 bits per heavy atom. The zero-order valence-corrected chi connectivity index (χ0v) is 13.3. The number of ether oxygens (including phenoxy) is 1. The van der Waals surface area contributed by atoms with Crippen molar-refractivity contribution in [2.24, 2.45) is 4.99 Å². The van der Waals surface area contributed by atoms with Gasteiger partial charge in [-0.2, -0.15) is 0 Å². The highest BCUT2D eigenvalue weighted by Crippen LogP contribution is 2.27. The molecular formula is C20H17NO3. The first-order valence-corrected chi connectivity index (χ1v) is 7.71. The zero-order valence-electron chi connectivity index (χ0n) is 13.3. The molecule has 0 aromatic heterocycles. The van der Waals surface area contributed by atoms with Crippen LogP contribution < -0.4 is 0 Å². The second-order valence-electron chi connectivity index (χ2n) is 5.25. The predicted octanol–water partition coefficient (Wildman–Crippen LogP) is 4.47. The summed E-state index contributed by atoms with van der Waals surface area (Å²) in [6.07, 6.45) is 1.61. The third-order valence-corrected chi connectivity index (χ3v) is 3.66. The summed E-state index contributed by atoms with van der Waals surface area (Å²) in [6.45, 7) is 2.12. The first-order chi connectivity index (χ1) is 11.7. The van der Waals surface area contributed by atoms with Gasteiger partial charge >= 0.3 is 5.97 Å². The third-order valence-electron chi connectivity index (χ3n) is 3.66. The Balaban J connectivity index is 1.83.